The van der Waals surface area contributed by atoms with Gasteiger partial charge in [-0.25, -0.2) is 4.68 Å². The molecule has 0 fully saturated rings. The number of carboxylic acids is 1. The van der Waals surface area contributed by atoms with Crippen LogP contribution in [0, 0.1) is 6.92 Å². The summed E-state index contributed by atoms with van der Waals surface area (Å²) in [6, 6.07) is 0. The molecule has 0 spiro atoms. The van der Waals surface area contributed by atoms with Crippen molar-refractivity contribution in [1.29, 1.82) is 0 Å². The Bertz CT molecular complexity index is 725. The van der Waals surface area contributed by atoms with E-state index in [2.05, 4.69) is 20.7 Å². The first-order chi connectivity index (χ1) is 10.7. The fourth-order valence-corrected chi connectivity index (χ4v) is 2.21. The number of amides is 1. The molecule has 0 atom stereocenters. The molecule has 0 aliphatic heterocycles. The zero-order valence-electron chi connectivity index (χ0n) is 13.6. The van der Waals surface area contributed by atoms with Gasteiger partial charge in [-0.3, -0.25) is 14.3 Å². The first-order valence-corrected chi connectivity index (χ1v) is 7.12. The smallest absolute Gasteiger partial charge is 0.325 e. The predicted octanol–water partition coefficient (Wildman–Crippen LogP) is 0.553. The molecule has 0 radical (unpaired) electrons. The zero-order valence-corrected chi connectivity index (χ0v) is 13.6. The number of carbonyl (C=O) groups is 2. The Labute approximate surface area is 133 Å². The molecule has 23 heavy (non-hydrogen) atoms. The van der Waals surface area contributed by atoms with Crippen LogP contribution < -0.4 is 5.32 Å². The molecule has 0 saturated carbocycles. The van der Waals surface area contributed by atoms with Crippen molar-refractivity contribution in [1.82, 2.24) is 30.1 Å². The van der Waals surface area contributed by atoms with Crippen molar-refractivity contribution in [3.63, 3.8) is 0 Å². The van der Waals surface area contributed by atoms with Crippen LogP contribution in [0.15, 0.2) is 12.4 Å². The van der Waals surface area contributed by atoms with Crippen LogP contribution in [0.4, 0.5) is 0 Å². The molecule has 2 rings (SSSR count). The van der Waals surface area contributed by atoms with Gasteiger partial charge in [-0.2, -0.15) is 5.10 Å². The number of carboxylic acid groups (broad SMARTS) is 1. The molecule has 9 heteroatoms. The highest BCUT2D eigenvalue weighted by Crippen LogP contribution is 2.18. The average molecular weight is 320 g/mol. The molecule has 0 saturated heterocycles. The maximum Gasteiger partial charge on any atom is 0.325 e. The largest absolute Gasteiger partial charge is 0.480 e. The van der Waals surface area contributed by atoms with Crippen molar-refractivity contribution in [2.45, 2.75) is 46.3 Å². The van der Waals surface area contributed by atoms with Crippen molar-refractivity contribution >= 4 is 11.9 Å². The van der Waals surface area contributed by atoms with E-state index >= 15 is 0 Å². The molecule has 2 aromatic rings. The van der Waals surface area contributed by atoms with Gasteiger partial charge >= 0.3 is 5.97 Å². The van der Waals surface area contributed by atoms with Gasteiger partial charge < -0.3 is 10.4 Å². The second kappa shape index (κ2) is 6.19. The van der Waals surface area contributed by atoms with E-state index in [4.69, 9.17) is 5.11 Å². The van der Waals surface area contributed by atoms with E-state index in [1.165, 1.54) is 17.1 Å². The fraction of sp³-hybridized carbons (Fsp3) is 0.500. The second-order valence-electron chi connectivity index (χ2n) is 6.21. The van der Waals surface area contributed by atoms with Gasteiger partial charge in [0.15, 0.2) is 0 Å². The minimum atomic E-state index is -1.00. The van der Waals surface area contributed by atoms with Crippen molar-refractivity contribution < 1.29 is 14.7 Å². The van der Waals surface area contributed by atoms with Gasteiger partial charge in [0.25, 0.3) is 5.91 Å². The fourth-order valence-electron chi connectivity index (χ4n) is 2.21. The zero-order chi connectivity index (χ0) is 17.2. The summed E-state index contributed by atoms with van der Waals surface area (Å²) in [5, 5.41) is 23.2. The van der Waals surface area contributed by atoms with Crippen LogP contribution in [0.5, 0.6) is 0 Å². The van der Waals surface area contributed by atoms with E-state index in [1.807, 2.05) is 27.7 Å². The van der Waals surface area contributed by atoms with Crippen LogP contribution in [0.25, 0.3) is 0 Å². The molecule has 0 aliphatic carbocycles. The summed E-state index contributed by atoms with van der Waals surface area (Å²) in [4.78, 5) is 22.8. The van der Waals surface area contributed by atoms with E-state index in [1.54, 1.807) is 4.68 Å². The monoisotopic (exact) mass is 320 g/mol. The lowest BCUT2D eigenvalue weighted by atomic mass is 10.1. The van der Waals surface area contributed by atoms with Gasteiger partial charge in [-0.15, -0.1) is 5.10 Å². The number of aromatic nitrogens is 5. The molecular weight excluding hydrogens is 300 g/mol. The molecule has 124 valence electrons. The van der Waals surface area contributed by atoms with Crippen LogP contribution >= 0.6 is 0 Å². The number of rotatable bonds is 5. The summed E-state index contributed by atoms with van der Waals surface area (Å²) in [6.45, 7) is 7.77. The lowest BCUT2D eigenvalue weighted by Crippen LogP contribution is -2.26. The van der Waals surface area contributed by atoms with E-state index < -0.39 is 5.97 Å². The molecule has 2 heterocycles. The van der Waals surface area contributed by atoms with Gasteiger partial charge in [0.05, 0.1) is 30.0 Å². The Morgan fingerprint density at radius 2 is 2.04 bits per heavy atom. The first-order valence-electron chi connectivity index (χ1n) is 7.12. The van der Waals surface area contributed by atoms with Crippen molar-refractivity contribution in [2.75, 3.05) is 0 Å². The van der Waals surface area contributed by atoms with E-state index in [0.29, 0.717) is 11.3 Å². The molecular formula is C14H20N6O3. The van der Waals surface area contributed by atoms with Crippen LogP contribution in [0.2, 0.25) is 0 Å². The highest BCUT2D eigenvalue weighted by molar-refractivity contribution is 5.94. The molecule has 0 unspecified atom stereocenters. The number of nitrogens with zero attached hydrogens (tertiary/aromatic N) is 5. The predicted molar refractivity (Wildman–Crippen MR) is 80.8 cm³/mol. The minimum absolute atomic E-state index is 0.165. The molecule has 2 aromatic heterocycles. The van der Waals surface area contributed by atoms with Crippen LogP contribution in [0.3, 0.4) is 0 Å². The average Bonchev–Trinajstić information content (AvgIpc) is 3.01. The summed E-state index contributed by atoms with van der Waals surface area (Å²) in [6.07, 6.45) is 3.02. The van der Waals surface area contributed by atoms with Crippen LogP contribution in [-0.4, -0.2) is 41.8 Å². The lowest BCUT2D eigenvalue weighted by molar-refractivity contribution is -0.137. The third kappa shape index (κ3) is 3.93. The lowest BCUT2D eigenvalue weighted by Gasteiger charge is -2.21. The Kier molecular flexibility index (Phi) is 4.48. The third-order valence-electron chi connectivity index (χ3n) is 3.20. The molecule has 1 amide bonds. The van der Waals surface area contributed by atoms with E-state index in [0.717, 1.165) is 5.69 Å². The molecule has 2 N–H and O–H groups in total. The summed E-state index contributed by atoms with van der Waals surface area (Å²) in [5.74, 6) is -1.26. The molecule has 0 aliphatic rings. The van der Waals surface area contributed by atoms with Gasteiger partial charge in [-0.1, -0.05) is 5.21 Å². The number of aliphatic carboxylic acids is 1. The number of carbonyl (C=O) groups excluding carboxylic acids is 1. The number of hydrogen-bond acceptors (Lipinski definition) is 5. The summed E-state index contributed by atoms with van der Waals surface area (Å²) < 4.78 is 3.00. The van der Waals surface area contributed by atoms with Crippen molar-refractivity contribution in [2.24, 2.45) is 0 Å². The quantitative estimate of drug-likeness (QED) is 0.831. The Morgan fingerprint density at radius 1 is 1.35 bits per heavy atom. The van der Waals surface area contributed by atoms with Gasteiger partial charge in [0, 0.05) is 5.69 Å². The Hall–Kier alpha value is -2.71. The van der Waals surface area contributed by atoms with Gasteiger partial charge in [-0.05, 0) is 27.7 Å². The topological polar surface area (TPSA) is 115 Å². The highest BCUT2D eigenvalue weighted by atomic mass is 16.4. The number of nitrogens with one attached hydrogen (secondary N) is 1. The molecule has 0 bridgehead atoms. The first kappa shape index (κ1) is 16.7. The SMILES string of the molecule is Cc1c(C(=O)NCc2cn(CC(=O)O)nn2)cnn1C(C)(C)C. The van der Waals surface area contributed by atoms with Crippen molar-refractivity contribution in [3.8, 4) is 0 Å². The van der Waals surface area contributed by atoms with E-state index in [-0.39, 0.29) is 24.5 Å². The normalized spacial score (nSPS) is 11.5. The molecule has 9 nitrogen and oxygen atoms in total. The van der Waals surface area contributed by atoms with E-state index in [9.17, 15) is 9.59 Å². The van der Waals surface area contributed by atoms with Gasteiger partial charge in [0.2, 0.25) is 0 Å². The Balaban J connectivity index is 2.01. The molecule has 0 aromatic carbocycles. The second-order valence-corrected chi connectivity index (χ2v) is 6.21. The highest BCUT2D eigenvalue weighted by Gasteiger charge is 2.21. The summed E-state index contributed by atoms with van der Waals surface area (Å²) >= 11 is 0. The van der Waals surface area contributed by atoms with Crippen LogP contribution in [-0.2, 0) is 23.4 Å². The number of hydrogen-bond donors (Lipinski definition) is 2. The van der Waals surface area contributed by atoms with Crippen LogP contribution in [0.1, 0.15) is 42.5 Å². The van der Waals surface area contributed by atoms with Gasteiger partial charge in [0.1, 0.15) is 12.2 Å². The standard InChI is InChI=1S/C14H20N6O3/c1-9-11(6-16-20(9)14(2,3)4)13(23)15-5-10-7-19(18-17-10)8-12(21)22/h6-7H,5,8H2,1-4H3,(H,15,23)(H,21,22). The summed E-state index contributed by atoms with van der Waals surface area (Å²) in [7, 11) is 0. The minimum Gasteiger partial charge on any atom is -0.480 e. The maximum atomic E-state index is 12.3. The third-order valence-corrected chi connectivity index (χ3v) is 3.20. The maximum absolute atomic E-state index is 12.3. The Morgan fingerprint density at radius 3 is 2.61 bits per heavy atom. The van der Waals surface area contributed by atoms with Crippen molar-refractivity contribution in [3.05, 3.63) is 29.3 Å². The summed E-state index contributed by atoms with van der Waals surface area (Å²) in [5.41, 5.74) is 1.56.